The van der Waals surface area contributed by atoms with Crippen molar-refractivity contribution in [2.75, 3.05) is 20.1 Å². The lowest BCUT2D eigenvalue weighted by Gasteiger charge is -2.19. The molecule has 0 saturated carbocycles. The predicted octanol–water partition coefficient (Wildman–Crippen LogP) is 1.86. The van der Waals surface area contributed by atoms with Crippen molar-refractivity contribution in [3.05, 3.63) is 23.8 Å². The van der Waals surface area contributed by atoms with Crippen molar-refractivity contribution in [3.8, 4) is 0 Å². The Labute approximate surface area is 104 Å². The van der Waals surface area contributed by atoms with Crippen molar-refractivity contribution in [1.82, 2.24) is 10.2 Å². The zero-order valence-corrected chi connectivity index (χ0v) is 10.6. The van der Waals surface area contributed by atoms with E-state index in [9.17, 15) is 4.79 Å². The molecule has 1 aliphatic heterocycles. The van der Waals surface area contributed by atoms with E-state index < -0.39 is 0 Å². The normalized spacial score (nSPS) is 24.8. The lowest BCUT2D eigenvalue weighted by molar-refractivity contribution is -0.117. The maximum absolute atomic E-state index is 11.8. The summed E-state index contributed by atoms with van der Waals surface area (Å²) >= 11 is 0. The van der Waals surface area contributed by atoms with Crippen LogP contribution in [0.5, 0.6) is 0 Å². The molecule has 1 unspecified atom stereocenters. The average molecular weight is 234 g/mol. The van der Waals surface area contributed by atoms with Gasteiger partial charge in [-0.05, 0) is 45.7 Å². The van der Waals surface area contributed by atoms with Gasteiger partial charge in [0, 0.05) is 18.2 Å². The van der Waals surface area contributed by atoms with Crippen LogP contribution in [0.2, 0.25) is 0 Å². The van der Waals surface area contributed by atoms with Crippen LogP contribution in [0.15, 0.2) is 23.8 Å². The summed E-state index contributed by atoms with van der Waals surface area (Å²) in [5.41, 5.74) is 0.923. The van der Waals surface area contributed by atoms with Crippen molar-refractivity contribution >= 4 is 5.91 Å². The number of allylic oxidation sites excluding steroid dienone is 3. The van der Waals surface area contributed by atoms with Crippen molar-refractivity contribution in [3.63, 3.8) is 0 Å². The Kier molecular flexibility index (Phi) is 4.37. The summed E-state index contributed by atoms with van der Waals surface area (Å²) in [6, 6.07) is 0.663. The van der Waals surface area contributed by atoms with E-state index in [1.54, 1.807) is 0 Å². The number of carbonyl (C=O) groups excluding carboxylic acids is 1. The lowest BCUT2D eigenvalue weighted by Crippen LogP contribution is -2.32. The first-order chi connectivity index (χ1) is 8.27. The number of hydrogen-bond donors (Lipinski definition) is 1. The summed E-state index contributed by atoms with van der Waals surface area (Å²) in [5.74, 6) is 0.120. The third-order valence-electron chi connectivity index (χ3n) is 3.74. The van der Waals surface area contributed by atoms with Gasteiger partial charge in [-0.25, -0.2) is 0 Å². The van der Waals surface area contributed by atoms with Crippen LogP contribution >= 0.6 is 0 Å². The zero-order chi connectivity index (χ0) is 12.1. The Hall–Kier alpha value is -1.09. The van der Waals surface area contributed by atoms with Crippen molar-refractivity contribution < 1.29 is 4.79 Å². The Morgan fingerprint density at radius 1 is 1.59 bits per heavy atom. The Bertz CT molecular complexity index is 333. The standard InChI is InChI=1S/C14H22N2O/c1-16-11-5-8-13(16)9-10-15-14(17)12-6-3-2-4-7-12/h2-3,6,13H,4-5,7-11H2,1H3,(H,15,17). The topological polar surface area (TPSA) is 32.3 Å². The van der Waals surface area contributed by atoms with Crippen LogP contribution in [0.25, 0.3) is 0 Å². The highest BCUT2D eigenvalue weighted by Crippen LogP contribution is 2.17. The molecule has 1 atom stereocenters. The first-order valence-corrected chi connectivity index (χ1v) is 6.61. The molecule has 94 valence electrons. The molecule has 1 fully saturated rings. The minimum absolute atomic E-state index is 0.120. The van der Waals surface area contributed by atoms with Crippen molar-refractivity contribution in [2.24, 2.45) is 0 Å². The van der Waals surface area contributed by atoms with Gasteiger partial charge in [-0.15, -0.1) is 0 Å². The first-order valence-electron chi connectivity index (χ1n) is 6.61. The molecule has 0 bridgehead atoms. The fraction of sp³-hybridized carbons (Fsp3) is 0.643. The first kappa shape index (κ1) is 12.4. The van der Waals surface area contributed by atoms with E-state index >= 15 is 0 Å². The van der Waals surface area contributed by atoms with Crippen LogP contribution in [0, 0.1) is 0 Å². The molecule has 0 aromatic rings. The fourth-order valence-corrected chi connectivity index (χ4v) is 2.60. The molecule has 3 heteroatoms. The SMILES string of the molecule is CN1CCCC1CCNC(=O)C1=CC=CCC1. The van der Waals surface area contributed by atoms with Gasteiger partial charge in [-0.3, -0.25) is 4.79 Å². The molecule has 2 aliphatic rings. The van der Waals surface area contributed by atoms with E-state index in [2.05, 4.69) is 23.3 Å². The Morgan fingerprint density at radius 3 is 3.12 bits per heavy atom. The lowest BCUT2D eigenvalue weighted by atomic mass is 10.0. The molecule has 3 nitrogen and oxygen atoms in total. The molecule has 0 aromatic carbocycles. The molecule has 0 spiro atoms. The van der Waals surface area contributed by atoms with Crippen molar-refractivity contribution in [2.45, 2.75) is 38.1 Å². The quantitative estimate of drug-likeness (QED) is 0.805. The highest BCUT2D eigenvalue weighted by Gasteiger charge is 2.20. The third kappa shape index (κ3) is 3.43. The van der Waals surface area contributed by atoms with E-state index in [-0.39, 0.29) is 5.91 Å². The molecule has 1 amide bonds. The number of nitrogens with one attached hydrogen (secondary N) is 1. The second-order valence-electron chi connectivity index (χ2n) is 4.98. The molecular formula is C14H22N2O. The van der Waals surface area contributed by atoms with Gasteiger partial charge in [0.1, 0.15) is 0 Å². The van der Waals surface area contributed by atoms with Crippen LogP contribution in [0.3, 0.4) is 0 Å². The molecule has 0 aromatic heterocycles. The number of carbonyl (C=O) groups is 1. The summed E-state index contributed by atoms with van der Waals surface area (Å²) in [7, 11) is 2.17. The number of nitrogens with zero attached hydrogens (tertiary/aromatic N) is 1. The second-order valence-corrected chi connectivity index (χ2v) is 4.98. The maximum Gasteiger partial charge on any atom is 0.247 e. The molecule has 1 aliphatic carbocycles. The number of rotatable bonds is 4. The van der Waals surface area contributed by atoms with Crippen molar-refractivity contribution in [1.29, 1.82) is 0 Å². The minimum atomic E-state index is 0.120. The number of amides is 1. The Balaban J connectivity index is 1.69. The molecule has 1 N–H and O–H groups in total. The number of likely N-dealkylation sites (tertiary alicyclic amines) is 1. The van der Waals surface area contributed by atoms with Gasteiger partial charge in [-0.1, -0.05) is 18.2 Å². The monoisotopic (exact) mass is 234 g/mol. The van der Waals surface area contributed by atoms with Crippen LogP contribution < -0.4 is 5.32 Å². The van der Waals surface area contributed by atoms with E-state index in [1.807, 2.05) is 12.2 Å². The summed E-state index contributed by atoms with van der Waals surface area (Å²) in [6.07, 6.45) is 11.5. The minimum Gasteiger partial charge on any atom is -0.352 e. The van der Waals surface area contributed by atoms with E-state index in [1.165, 1.54) is 19.4 Å². The summed E-state index contributed by atoms with van der Waals surface area (Å²) in [5, 5.41) is 3.03. The van der Waals surface area contributed by atoms with Crippen LogP contribution in [0.4, 0.5) is 0 Å². The van der Waals surface area contributed by atoms with Gasteiger partial charge in [0.05, 0.1) is 0 Å². The predicted molar refractivity (Wildman–Crippen MR) is 69.7 cm³/mol. The maximum atomic E-state index is 11.8. The van der Waals surface area contributed by atoms with Gasteiger partial charge in [0.25, 0.3) is 0 Å². The summed E-state index contributed by atoms with van der Waals surface area (Å²) < 4.78 is 0. The van der Waals surface area contributed by atoms with Gasteiger partial charge < -0.3 is 10.2 Å². The zero-order valence-electron chi connectivity index (χ0n) is 10.6. The third-order valence-corrected chi connectivity index (χ3v) is 3.74. The van der Waals surface area contributed by atoms with E-state index in [0.717, 1.165) is 31.4 Å². The highest BCUT2D eigenvalue weighted by atomic mass is 16.1. The van der Waals surface area contributed by atoms with E-state index in [4.69, 9.17) is 0 Å². The molecule has 0 radical (unpaired) electrons. The fourth-order valence-electron chi connectivity index (χ4n) is 2.60. The van der Waals surface area contributed by atoms with Gasteiger partial charge >= 0.3 is 0 Å². The highest BCUT2D eigenvalue weighted by molar-refractivity contribution is 5.93. The van der Waals surface area contributed by atoms with Gasteiger partial charge in [0.2, 0.25) is 5.91 Å². The number of hydrogen-bond acceptors (Lipinski definition) is 2. The molecular weight excluding hydrogens is 212 g/mol. The van der Waals surface area contributed by atoms with Gasteiger partial charge in [0.15, 0.2) is 0 Å². The molecule has 1 saturated heterocycles. The Morgan fingerprint density at radius 2 is 2.47 bits per heavy atom. The van der Waals surface area contributed by atoms with E-state index in [0.29, 0.717) is 6.04 Å². The van der Waals surface area contributed by atoms with Crippen LogP contribution in [0.1, 0.15) is 32.1 Å². The molecule has 2 rings (SSSR count). The van der Waals surface area contributed by atoms with Crippen LogP contribution in [-0.2, 0) is 4.79 Å². The van der Waals surface area contributed by atoms with Crippen LogP contribution in [-0.4, -0.2) is 37.0 Å². The summed E-state index contributed by atoms with van der Waals surface area (Å²) in [6.45, 7) is 2.00. The average Bonchev–Trinajstić information content (AvgIpc) is 2.76. The smallest absolute Gasteiger partial charge is 0.247 e. The summed E-state index contributed by atoms with van der Waals surface area (Å²) in [4.78, 5) is 14.2. The second kappa shape index (κ2) is 6.01. The molecule has 1 heterocycles. The van der Waals surface area contributed by atoms with Gasteiger partial charge in [-0.2, -0.15) is 0 Å². The largest absolute Gasteiger partial charge is 0.352 e. The molecule has 17 heavy (non-hydrogen) atoms.